The summed E-state index contributed by atoms with van der Waals surface area (Å²) in [7, 11) is 5.61. The SMILES string of the molecule is CNCCCN(C)CCCN(C)C(=O)O. The molecule has 0 aromatic rings. The first-order chi connectivity index (χ1) is 7.07. The van der Waals surface area contributed by atoms with Gasteiger partial charge in [-0.1, -0.05) is 0 Å². The molecule has 90 valence electrons. The molecule has 0 rings (SSSR count). The molecule has 0 aliphatic carbocycles. The van der Waals surface area contributed by atoms with Crippen molar-refractivity contribution in [2.45, 2.75) is 12.8 Å². The molecule has 2 N–H and O–H groups in total. The smallest absolute Gasteiger partial charge is 0.407 e. The van der Waals surface area contributed by atoms with Gasteiger partial charge in [-0.05, 0) is 46.6 Å². The molecule has 0 spiro atoms. The molecule has 1 amide bonds. The fraction of sp³-hybridized carbons (Fsp3) is 0.900. The van der Waals surface area contributed by atoms with Crippen molar-refractivity contribution >= 4 is 6.09 Å². The van der Waals surface area contributed by atoms with Gasteiger partial charge in [0, 0.05) is 13.6 Å². The van der Waals surface area contributed by atoms with E-state index in [1.165, 1.54) is 4.90 Å². The number of amides is 1. The quantitative estimate of drug-likeness (QED) is 0.582. The number of hydrogen-bond acceptors (Lipinski definition) is 3. The van der Waals surface area contributed by atoms with Crippen molar-refractivity contribution in [1.29, 1.82) is 0 Å². The van der Waals surface area contributed by atoms with Gasteiger partial charge in [0.15, 0.2) is 0 Å². The summed E-state index contributed by atoms with van der Waals surface area (Å²) < 4.78 is 0. The third-order valence-corrected chi connectivity index (χ3v) is 2.33. The fourth-order valence-electron chi connectivity index (χ4n) is 1.31. The van der Waals surface area contributed by atoms with Crippen LogP contribution in [0.1, 0.15) is 12.8 Å². The molecule has 0 aliphatic rings. The summed E-state index contributed by atoms with van der Waals surface area (Å²) in [6.07, 6.45) is 1.16. The van der Waals surface area contributed by atoms with Gasteiger partial charge in [0.25, 0.3) is 0 Å². The first kappa shape index (κ1) is 14.2. The van der Waals surface area contributed by atoms with Crippen LogP contribution in [0.5, 0.6) is 0 Å². The van der Waals surface area contributed by atoms with Gasteiger partial charge >= 0.3 is 6.09 Å². The normalized spacial score (nSPS) is 10.7. The summed E-state index contributed by atoms with van der Waals surface area (Å²) in [5.74, 6) is 0. The number of carbonyl (C=O) groups is 1. The molecule has 5 nitrogen and oxygen atoms in total. The van der Waals surface area contributed by atoms with E-state index < -0.39 is 6.09 Å². The molecule has 0 unspecified atom stereocenters. The summed E-state index contributed by atoms with van der Waals surface area (Å²) >= 11 is 0. The van der Waals surface area contributed by atoms with Crippen LogP contribution in [0.2, 0.25) is 0 Å². The highest BCUT2D eigenvalue weighted by atomic mass is 16.4. The highest BCUT2D eigenvalue weighted by Gasteiger charge is 2.04. The minimum absolute atomic E-state index is 0.603. The van der Waals surface area contributed by atoms with Crippen LogP contribution in [-0.4, -0.2) is 68.3 Å². The van der Waals surface area contributed by atoms with E-state index in [9.17, 15) is 4.79 Å². The van der Waals surface area contributed by atoms with E-state index in [1.807, 2.05) is 7.05 Å². The number of hydrogen-bond donors (Lipinski definition) is 2. The van der Waals surface area contributed by atoms with Crippen LogP contribution in [0.4, 0.5) is 4.79 Å². The van der Waals surface area contributed by atoms with Gasteiger partial charge in [-0.3, -0.25) is 0 Å². The van der Waals surface area contributed by atoms with Crippen molar-refractivity contribution in [2.24, 2.45) is 0 Å². The predicted molar refractivity (Wildman–Crippen MR) is 61.3 cm³/mol. The molecule has 5 heteroatoms. The minimum Gasteiger partial charge on any atom is -0.465 e. The Morgan fingerprint density at radius 1 is 1.20 bits per heavy atom. The zero-order valence-corrected chi connectivity index (χ0v) is 9.99. The molecule has 0 fully saturated rings. The maximum absolute atomic E-state index is 10.5. The maximum Gasteiger partial charge on any atom is 0.407 e. The molecule has 0 heterocycles. The van der Waals surface area contributed by atoms with Gasteiger partial charge in [0.1, 0.15) is 0 Å². The summed E-state index contributed by atoms with van der Waals surface area (Å²) in [5.41, 5.74) is 0. The predicted octanol–water partition coefficient (Wildman–Crippen LogP) is 0.528. The van der Waals surface area contributed by atoms with Crippen molar-refractivity contribution in [3.63, 3.8) is 0 Å². The van der Waals surface area contributed by atoms with E-state index in [-0.39, 0.29) is 0 Å². The molecule has 0 aromatic carbocycles. The van der Waals surface area contributed by atoms with Gasteiger partial charge in [0.2, 0.25) is 0 Å². The number of nitrogens with zero attached hydrogens (tertiary/aromatic N) is 2. The maximum atomic E-state index is 10.5. The number of rotatable bonds is 8. The standard InChI is InChI=1S/C10H23N3O2/c1-11-6-4-7-12(2)8-5-9-13(3)10(14)15/h11H,4-9H2,1-3H3,(H,14,15). The summed E-state index contributed by atoms with van der Waals surface area (Å²) in [6.45, 7) is 3.63. The topological polar surface area (TPSA) is 55.8 Å². The molecule has 0 aliphatic heterocycles. The van der Waals surface area contributed by atoms with Crippen LogP contribution in [0, 0.1) is 0 Å². The minimum atomic E-state index is -0.854. The lowest BCUT2D eigenvalue weighted by Gasteiger charge is -2.18. The Kier molecular flexibility index (Phi) is 8.04. The zero-order chi connectivity index (χ0) is 11.7. The van der Waals surface area contributed by atoms with Crippen LogP contribution < -0.4 is 5.32 Å². The molecule has 0 aromatic heterocycles. The van der Waals surface area contributed by atoms with E-state index in [4.69, 9.17) is 5.11 Å². The van der Waals surface area contributed by atoms with E-state index >= 15 is 0 Å². The van der Waals surface area contributed by atoms with E-state index in [1.54, 1.807) is 7.05 Å². The monoisotopic (exact) mass is 217 g/mol. The molecule has 0 radical (unpaired) electrons. The Morgan fingerprint density at radius 2 is 1.80 bits per heavy atom. The lowest BCUT2D eigenvalue weighted by molar-refractivity contribution is 0.153. The lowest BCUT2D eigenvalue weighted by Crippen LogP contribution is -2.30. The average molecular weight is 217 g/mol. The van der Waals surface area contributed by atoms with Crippen molar-refractivity contribution < 1.29 is 9.90 Å². The molecule has 0 saturated carbocycles. The Hall–Kier alpha value is -0.810. The second-order valence-corrected chi connectivity index (χ2v) is 3.82. The molecular formula is C10H23N3O2. The van der Waals surface area contributed by atoms with Gasteiger partial charge in [-0.2, -0.15) is 0 Å². The Balaban J connectivity index is 3.38. The molecule has 0 saturated heterocycles. The van der Waals surface area contributed by atoms with Crippen molar-refractivity contribution in [3.05, 3.63) is 0 Å². The van der Waals surface area contributed by atoms with Crippen molar-refractivity contribution in [3.8, 4) is 0 Å². The Bertz CT molecular complexity index is 176. The second-order valence-electron chi connectivity index (χ2n) is 3.82. The third kappa shape index (κ3) is 8.20. The van der Waals surface area contributed by atoms with Crippen LogP contribution in [0.3, 0.4) is 0 Å². The van der Waals surface area contributed by atoms with Crippen LogP contribution in [0.15, 0.2) is 0 Å². The van der Waals surface area contributed by atoms with Crippen molar-refractivity contribution in [1.82, 2.24) is 15.1 Å². The largest absolute Gasteiger partial charge is 0.465 e. The molecule has 0 atom stereocenters. The van der Waals surface area contributed by atoms with E-state index in [2.05, 4.69) is 17.3 Å². The zero-order valence-electron chi connectivity index (χ0n) is 9.99. The van der Waals surface area contributed by atoms with E-state index in [0.29, 0.717) is 6.54 Å². The van der Waals surface area contributed by atoms with Gasteiger partial charge in [0.05, 0.1) is 0 Å². The van der Waals surface area contributed by atoms with Crippen LogP contribution in [0.25, 0.3) is 0 Å². The number of carboxylic acid groups (broad SMARTS) is 1. The van der Waals surface area contributed by atoms with Gasteiger partial charge < -0.3 is 20.2 Å². The molecule has 0 bridgehead atoms. The van der Waals surface area contributed by atoms with Gasteiger partial charge in [-0.15, -0.1) is 0 Å². The van der Waals surface area contributed by atoms with Crippen LogP contribution in [-0.2, 0) is 0 Å². The first-order valence-electron chi connectivity index (χ1n) is 5.35. The average Bonchev–Trinajstić information content (AvgIpc) is 2.18. The Labute approximate surface area is 92.0 Å². The van der Waals surface area contributed by atoms with E-state index in [0.717, 1.165) is 32.5 Å². The molecule has 15 heavy (non-hydrogen) atoms. The van der Waals surface area contributed by atoms with Gasteiger partial charge in [-0.25, -0.2) is 4.79 Å². The summed E-state index contributed by atoms with van der Waals surface area (Å²) in [6, 6.07) is 0. The van der Waals surface area contributed by atoms with Crippen LogP contribution >= 0.6 is 0 Å². The lowest BCUT2D eigenvalue weighted by atomic mass is 10.3. The van der Waals surface area contributed by atoms with Crippen molar-refractivity contribution in [2.75, 3.05) is 47.3 Å². The summed E-state index contributed by atoms with van der Waals surface area (Å²) in [5, 5.41) is 11.7. The second kappa shape index (κ2) is 8.49. The number of nitrogens with one attached hydrogen (secondary N) is 1. The fourth-order valence-corrected chi connectivity index (χ4v) is 1.31. The molecular weight excluding hydrogens is 194 g/mol. The Morgan fingerprint density at radius 3 is 2.33 bits per heavy atom. The highest BCUT2D eigenvalue weighted by molar-refractivity contribution is 5.64. The summed E-state index contributed by atoms with van der Waals surface area (Å²) in [4.78, 5) is 14.0. The first-order valence-corrected chi connectivity index (χ1v) is 5.35. The highest BCUT2D eigenvalue weighted by Crippen LogP contribution is 1.93. The third-order valence-electron chi connectivity index (χ3n) is 2.33.